The first kappa shape index (κ1) is 22.3. The molecule has 1 N–H and O–H groups in total. The summed E-state index contributed by atoms with van der Waals surface area (Å²) in [5.74, 6) is 0.890. The zero-order valence-electron chi connectivity index (χ0n) is 19.2. The van der Waals surface area contributed by atoms with E-state index in [1.54, 1.807) is 7.11 Å². The minimum Gasteiger partial charge on any atom is -0.507 e. The highest BCUT2D eigenvalue weighted by Gasteiger charge is 2.34. The molecule has 3 heterocycles. The second-order valence-corrected chi connectivity index (χ2v) is 9.36. The van der Waals surface area contributed by atoms with E-state index in [4.69, 9.17) is 9.15 Å². The van der Waals surface area contributed by atoms with Gasteiger partial charge in [-0.15, -0.1) is 0 Å². The predicted octanol–water partition coefficient (Wildman–Crippen LogP) is 3.83. The maximum absolute atomic E-state index is 11.8. The van der Waals surface area contributed by atoms with Crippen molar-refractivity contribution < 1.29 is 14.3 Å². The van der Waals surface area contributed by atoms with Crippen LogP contribution in [0.2, 0.25) is 0 Å². The maximum atomic E-state index is 11.8. The molecule has 2 unspecified atom stereocenters. The second-order valence-electron chi connectivity index (χ2n) is 9.36. The number of phenolic OH excluding ortho intramolecular Hbond substituents is 1. The van der Waals surface area contributed by atoms with Crippen molar-refractivity contribution in [3.05, 3.63) is 39.2 Å². The van der Waals surface area contributed by atoms with Gasteiger partial charge in [-0.3, -0.25) is 4.90 Å². The number of nitrogens with zero attached hydrogens (tertiary/aromatic N) is 2. The van der Waals surface area contributed by atoms with Crippen molar-refractivity contribution in [3.63, 3.8) is 0 Å². The number of phenols is 1. The van der Waals surface area contributed by atoms with Gasteiger partial charge >= 0.3 is 5.63 Å². The lowest BCUT2D eigenvalue weighted by Gasteiger charge is -2.45. The standard InChI is InChI=1S/C25H36N2O4/c1-17-13-23(28)31-25-18(2)24(29)20(14-21(17)25)16-26(11-12-30-3)15-19-7-6-10-27-9-5-4-8-22(19)27/h13-14,19,22,29H,4-12,15-16H2,1-3H3. The summed E-state index contributed by atoms with van der Waals surface area (Å²) in [6.45, 7) is 9.41. The fourth-order valence-corrected chi connectivity index (χ4v) is 5.61. The Labute approximate surface area is 184 Å². The van der Waals surface area contributed by atoms with E-state index >= 15 is 0 Å². The van der Waals surface area contributed by atoms with Gasteiger partial charge in [-0.05, 0) is 70.2 Å². The van der Waals surface area contributed by atoms with Crippen LogP contribution >= 0.6 is 0 Å². The van der Waals surface area contributed by atoms with E-state index in [1.165, 1.54) is 51.3 Å². The van der Waals surface area contributed by atoms with Crippen molar-refractivity contribution >= 4 is 11.0 Å². The number of benzene rings is 1. The van der Waals surface area contributed by atoms with Crippen LogP contribution in [0.4, 0.5) is 0 Å². The molecular weight excluding hydrogens is 392 g/mol. The average molecular weight is 429 g/mol. The minimum absolute atomic E-state index is 0.228. The summed E-state index contributed by atoms with van der Waals surface area (Å²) < 4.78 is 10.8. The number of hydrogen-bond acceptors (Lipinski definition) is 6. The Kier molecular flexibility index (Phi) is 6.99. The smallest absolute Gasteiger partial charge is 0.336 e. The van der Waals surface area contributed by atoms with E-state index in [0.717, 1.165) is 29.6 Å². The maximum Gasteiger partial charge on any atom is 0.336 e. The van der Waals surface area contributed by atoms with E-state index in [2.05, 4.69) is 9.80 Å². The highest BCUT2D eigenvalue weighted by Crippen LogP contribution is 2.34. The summed E-state index contributed by atoms with van der Waals surface area (Å²) in [5, 5.41) is 11.8. The van der Waals surface area contributed by atoms with Gasteiger partial charge in [-0.2, -0.15) is 0 Å². The quantitative estimate of drug-likeness (QED) is 0.676. The number of piperidine rings is 2. The van der Waals surface area contributed by atoms with Crippen LogP contribution in [0, 0.1) is 19.8 Å². The molecule has 31 heavy (non-hydrogen) atoms. The fourth-order valence-electron chi connectivity index (χ4n) is 5.61. The average Bonchev–Trinajstić information content (AvgIpc) is 2.76. The Morgan fingerprint density at radius 3 is 2.81 bits per heavy atom. The first-order chi connectivity index (χ1) is 15.0. The zero-order chi connectivity index (χ0) is 22.0. The van der Waals surface area contributed by atoms with Gasteiger partial charge in [0.2, 0.25) is 0 Å². The van der Waals surface area contributed by atoms with Crippen LogP contribution in [0.3, 0.4) is 0 Å². The summed E-state index contributed by atoms with van der Waals surface area (Å²) in [5.41, 5.74) is 2.51. The monoisotopic (exact) mass is 428 g/mol. The molecule has 2 aliphatic rings. The van der Waals surface area contributed by atoms with Gasteiger partial charge in [0.15, 0.2) is 0 Å². The summed E-state index contributed by atoms with van der Waals surface area (Å²) in [7, 11) is 1.74. The molecule has 0 spiro atoms. The molecule has 2 aromatic rings. The Balaban J connectivity index is 1.59. The van der Waals surface area contributed by atoms with Gasteiger partial charge in [-0.1, -0.05) is 6.42 Å². The minimum atomic E-state index is -0.378. The molecule has 1 aromatic carbocycles. The molecule has 2 fully saturated rings. The van der Waals surface area contributed by atoms with Crippen LogP contribution in [-0.4, -0.2) is 60.8 Å². The Morgan fingerprint density at radius 1 is 1.19 bits per heavy atom. The highest BCUT2D eigenvalue weighted by molar-refractivity contribution is 5.85. The summed E-state index contributed by atoms with van der Waals surface area (Å²) in [6, 6.07) is 4.20. The second kappa shape index (κ2) is 9.72. The van der Waals surface area contributed by atoms with Crippen molar-refractivity contribution in [1.29, 1.82) is 0 Å². The number of rotatable bonds is 7. The van der Waals surface area contributed by atoms with Crippen LogP contribution in [0.5, 0.6) is 5.75 Å². The largest absolute Gasteiger partial charge is 0.507 e. The fraction of sp³-hybridized carbons (Fsp3) is 0.640. The summed E-state index contributed by atoms with van der Waals surface area (Å²) >= 11 is 0. The first-order valence-electron chi connectivity index (χ1n) is 11.7. The normalized spacial score (nSPS) is 22.2. The van der Waals surface area contributed by atoms with E-state index in [1.807, 2.05) is 19.9 Å². The van der Waals surface area contributed by atoms with Crippen molar-refractivity contribution in [3.8, 4) is 5.75 Å². The zero-order valence-corrected chi connectivity index (χ0v) is 19.2. The molecule has 2 atom stereocenters. The third kappa shape index (κ3) is 4.81. The third-order valence-electron chi connectivity index (χ3n) is 7.25. The Bertz CT molecular complexity index is 968. The molecule has 170 valence electrons. The number of aryl methyl sites for hydroxylation is 2. The molecule has 0 radical (unpaired) electrons. The van der Waals surface area contributed by atoms with Crippen molar-refractivity contribution in [2.45, 2.75) is 58.5 Å². The van der Waals surface area contributed by atoms with Gasteiger partial charge < -0.3 is 19.2 Å². The summed E-state index contributed by atoms with van der Waals surface area (Å²) in [6.07, 6.45) is 6.53. The molecule has 0 aliphatic carbocycles. The Hall–Kier alpha value is -1.89. The number of fused-ring (bicyclic) bond motifs is 2. The first-order valence-corrected chi connectivity index (χ1v) is 11.7. The van der Waals surface area contributed by atoms with Crippen molar-refractivity contribution in [1.82, 2.24) is 9.80 Å². The van der Waals surface area contributed by atoms with E-state index < -0.39 is 0 Å². The van der Waals surface area contributed by atoms with Gasteiger partial charge in [0.1, 0.15) is 11.3 Å². The SMILES string of the molecule is COCCN(Cc1cc2c(C)cc(=O)oc2c(C)c1O)CC1CCCN2CCCCC12. The van der Waals surface area contributed by atoms with Crippen LogP contribution in [-0.2, 0) is 11.3 Å². The highest BCUT2D eigenvalue weighted by atomic mass is 16.5. The molecule has 4 rings (SSSR count). The summed E-state index contributed by atoms with van der Waals surface area (Å²) in [4.78, 5) is 16.9. The van der Waals surface area contributed by atoms with E-state index in [0.29, 0.717) is 36.3 Å². The van der Waals surface area contributed by atoms with Gasteiger partial charge in [0.25, 0.3) is 0 Å². The topological polar surface area (TPSA) is 66.1 Å². The van der Waals surface area contributed by atoms with Crippen LogP contribution in [0.1, 0.15) is 48.8 Å². The molecule has 1 aromatic heterocycles. The molecule has 2 aliphatic heterocycles. The lowest BCUT2D eigenvalue weighted by Crippen LogP contribution is -2.51. The lowest BCUT2D eigenvalue weighted by atomic mass is 9.83. The molecule has 0 saturated carbocycles. The Morgan fingerprint density at radius 2 is 2.00 bits per heavy atom. The van der Waals surface area contributed by atoms with Crippen LogP contribution in [0.15, 0.2) is 21.3 Å². The molecule has 6 heteroatoms. The van der Waals surface area contributed by atoms with Crippen molar-refractivity contribution in [2.75, 3.05) is 39.9 Å². The molecule has 0 amide bonds. The van der Waals surface area contributed by atoms with Crippen LogP contribution < -0.4 is 5.63 Å². The van der Waals surface area contributed by atoms with E-state index in [-0.39, 0.29) is 11.4 Å². The van der Waals surface area contributed by atoms with Gasteiger partial charge in [0, 0.05) is 55.4 Å². The third-order valence-corrected chi connectivity index (χ3v) is 7.25. The van der Waals surface area contributed by atoms with Gasteiger partial charge in [0.05, 0.1) is 6.61 Å². The van der Waals surface area contributed by atoms with Crippen molar-refractivity contribution in [2.24, 2.45) is 5.92 Å². The number of methoxy groups -OCH3 is 1. The van der Waals surface area contributed by atoms with Crippen LogP contribution in [0.25, 0.3) is 11.0 Å². The predicted molar refractivity (Wildman–Crippen MR) is 123 cm³/mol. The number of hydrogen-bond donors (Lipinski definition) is 1. The molecule has 2 saturated heterocycles. The lowest BCUT2D eigenvalue weighted by molar-refractivity contribution is 0.0335. The van der Waals surface area contributed by atoms with Gasteiger partial charge in [-0.25, -0.2) is 4.79 Å². The molecular formula is C25H36N2O4. The van der Waals surface area contributed by atoms with E-state index in [9.17, 15) is 9.90 Å². The number of ether oxygens (including phenoxy) is 1. The molecule has 6 nitrogen and oxygen atoms in total. The number of aromatic hydroxyl groups is 1. The molecule has 0 bridgehead atoms.